The smallest absolute Gasteiger partial charge is 0.124 e. The van der Waals surface area contributed by atoms with Gasteiger partial charge in [0.15, 0.2) is 0 Å². The standard InChI is InChI=1S/C13H16FN/c1-9(13(2,3)4)12-6-5-11(14)7-10(12)8-15/h5-7,9H,1-4H3. The first-order chi connectivity index (χ1) is 6.86. The molecule has 1 atom stereocenters. The Kier molecular flexibility index (Phi) is 3.14. The number of hydrogen-bond acceptors (Lipinski definition) is 1. The molecule has 0 radical (unpaired) electrons. The van der Waals surface area contributed by atoms with Crippen molar-refractivity contribution in [2.75, 3.05) is 0 Å². The zero-order chi connectivity index (χ0) is 11.6. The van der Waals surface area contributed by atoms with E-state index in [4.69, 9.17) is 5.26 Å². The summed E-state index contributed by atoms with van der Waals surface area (Å²) in [5.41, 5.74) is 1.44. The molecule has 1 unspecified atom stereocenters. The van der Waals surface area contributed by atoms with Gasteiger partial charge in [0.05, 0.1) is 11.6 Å². The zero-order valence-corrected chi connectivity index (χ0v) is 9.63. The highest BCUT2D eigenvalue weighted by atomic mass is 19.1. The predicted octanol–water partition coefficient (Wildman–Crippen LogP) is 3.85. The summed E-state index contributed by atoms with van der Waals surface area (Å²) in [5.74, 6) is -0.121. The van der Waals surface area contributed by atoms with E-state index in [0.717, 1.165) is 5.56 Å². The Labute approximate surface area is 90.5 Å². The van der Waals surface area contributed by atoms with Crippen LogP contribution in [0.1, 0.15) is 44.7 Å². The molecule has 0 spiro atoms. The zero-order valence-electron chi connectivity index (χ0n) is 9.63. The van der Waals surface area contributed by atoms with Crippen molar-refractivity contribution in [1.82, 2.24) is 0 Å². The van der Waals surface area contributed by atoms with E-state index in [2.05, 4.69) is 27.7 Å². The van der Waals surface area contributed by atoms with Crippen molar-refractivity contribution in [3.05, 3.63) is 35.1 Å². The van der Waals surface area contributed by atoms with E-state index in [-0.39, 0.29) is 17.2 Å². The number of halogens is 1. The Morgan fingerprint density at radius 1 is 1.33 bits per heavy atom. The molecule has 0 saturated heterocycles. The first kappa shape index (κ1) is 11.7. The van der Waals surface area contributed by atoms with Gasteiger partial charge in [0.25, 0.3) is 0 Å². The van der Waals surface area contributed by atoms with Crippen molar-refractivity contribution < 1.29 is 4.39 Å². The summed E-state index contributed by atoms with van der Waals surface area (Å²) in [6.07, 6.45) is 0. The van der Waals surface area contributed by atoms with Crippen LogP contribution in [0.5, 0.6) is 0 Å². The monoisotopic (exact) mass is 205 g/mol. The minimum Gasteiger partial charge on any atom is -0.207 e. The molecule has 0 fully saturated rings. The Morgan fingerprint density at radius 2 is 1.93 bits per heavy atom. The van der Waals surface area contributed by atoms with Crippen LogP contribution in [0.2, 0.25) is 0 Å². The summed E-state index contributed by atoms with van der Waals surface area (Å²) in [4.78, 5) is 0. The van der Waals surface area contributed by atoms with Gasteiger partial charge in [-0.1, -0.05) is 33.8 Å². The van der Waals surface area contributed by atoms with E-state index in [0.29, 0.717) is 5.56 Å². The summed E-state index contributed by atoms with van der Waals surface area (Å²) in [7, 11) is 0. The van der Waals surface area contributed by atoms with Crippen molar-refractivity contribution in [2.45, 2.75) is 33.6 Å². The van der Waals surface area contributed by atoms with Crippen molar-refractivity contribution >= 4 is 0 Å². The molecule has 0 amide bonds. The molecule has 0 bridgehead atoms. The lowest BCUT2D eigenvalue weighted by molar-refractivity contribution is 0.339. The average molecular weight is 205 g/mol. The summed E-state index contributed by atoms with van der Waals surface area (Å²) in [6.45, 7) is 8.40. The van der Waals surface area contributed by atoms with Crippen molar-refractivity contribution in [3.8, 4) is 6.07 Å². The third-order valence-electron chi connectivity index (χ3n) is 2.90. The Hall–Kier alpha value is -1.36. The fourth-order valence-electron chi connectivity index (χ4n) is 1.47. The fourth-order valence-corrected chi connectivity index (χ4v) is 1.47. The number of rotatable bonds is 1. The van der Waals surface area contributed by atoms with Gasteiger partial charge >= 0.3 is 0 Å². The third-order valence-corrected chi connectivity index (χ3v) is 2.90. The van der Waals surface area contributed by atoms with Gasteiger partial charge in [-0.2, -0.15) is 5.26 Å². The molecule has 2 heteroatoms. The van der Waals surface area contributed by atoms with Crippen LogP contribution in [0.15, 0.2) is 18.2 Å². The Bertz CT molecular complexity index is 396. The van der Waals surface area contributed by atoms with E-state index < -0.39 is 0 Å². The molecule has 1 aromatic rings. The lowest BCUT2D eigenvalue weighted by Gasteiger charge is -2.28. The number of nitriles is 1. The molecule has 0 saturated carbocycles. The summed E-state index contributed by atoms with van der Waals surface area (Å²) in [5, 5.41) is 8.94. The largest absolute Gasteiger partial charge is 0.207 e. The molecular formula is C13H16FN. The molecular weight excluding hydrogens is 189 g/mol. The van der Waals surface area contributed by atoms with Gasteiger partial charge in [-0.15, -0.1) is 0 Å². The van der Waals surface area contributed by atoms with Crippen LogP contribution in [0, 0.1) is 22.6 Å². The quantitative estimate of drug-likeness (QED) is 0.683. The highest BCUT2D eigenvalue weighted by Crippen LogP contribution is 2.35. The van der Waals surface area contributed by atoms with Crippen LogP contribution < -0.4 is 0 Å². The minimum absolute atomic E-state index is 0.0728. The molecule has 0 aliphatic carbocycles. The van der Waals surface area contributed by atoms with Gasteiger partial charge < -0.3 is 0 Å². The highest BCUT2D eigenvalue weighted by Gasteiger charge is 2.23. The molecule has 0 aromatic heterocycles. The molecule has 0 heterocycles. The van der Waals surface area contributed by atoms with Crippen molar-refractivity contribution in [3.63, 3.8) is 0 Å². The van der Waals surface area contributed by atoms with Crippen LogP contribution in [0.4, 0.5) is 4.39 Å². The Balaban J connectivity index is 3.21. The van der Waals surface area contributed by atoms with E-state index in [1.807, 2.05) is 6.07 Å². The second kappa shape index (κ2) is 4.02. The number of benzene rings is 1. The van der Waals surface area contributed by atoms with Crippen LogP contribution in [0.3, 0.4) is 0 Å². The maximum absolute atomic E-state index is 12.9. The van der Waals surface area contributed by atoms with Crippen molar-refractivity contribution in [2.24, 2.45) is 5.41 Å². The maximum atomic E-state index is 12.9. The maximum Gasteiger partial charge on any atom is 0.124 e. The van der Waals surface area contributed by atoms with Crippen LogP contribution in [0.25, 0.3) is 0 Å². The minimum atomic E-state index is -0.351. The summed E-state index contributed by atoms with van der Waals surface area (Å²) in [6, 6.07) is 6.48. The number of hydrogen-bond donors (Lipinski definition) is 0. The van der Waals surface area contributed by atoms with Crippen LogP contribution >= 0.6 is 0 Å². The van der Waals surface area contributed by atoms with E-state index in [9.17, 15) is 4.39 Å². The van der Waals surface area contributed by atoms with Gasteiger partial charge in [0, 0.05) is 0 Å². The van der Waals surface area contributed by atoms with Crippen LogP contribution in [-0.2, 0) is 0 Å². The second-order valence-corrected chi connectivity index (χ2v) is 4.93. The molecule has 0 aliphatic rings. The Morgan fingerprint density at radius 3 is 2.40 bits per heavy atom. The van der Waals surface area contributed by atoms with E-state index in [1.54, 1.807) is 6.07 Å². The van der Waals surface area contributed by atoms with Gasteiger partial charge in [-0.05, 0) is 29.0 Å². The normalized spacial score (nSPS) is 13.3. The van der Waals surface area contributed by atoms with Gasteiger partial charge in [-0.3, -0.25) is 0 Å². The SMILES string of the molecule is CC(c1ccc(F)cc1C#N)C(C)(C)C. The van der Waals surface area contributed by atoms with E-state index in [1.165, 1.54) is 12.1 Å². The van der Waals surface area contributed by atoms with Crippen LogP contribution in [-0.4, -0.2) is 0 Å². The molecule has 15 heavy (non-hydrogen) atoms. The lowest BCUT2D eigenvalue weighted by atomic mass is 9.76. The van der Waals surface area contributed by atoms with Gasteiger partial charge in [0.1, 0.15) is 5.82 Å². The number of nitrogens with zero attached hydrogens (tertiary/aromatic N) is 1. The van der Waals surface area contributed by atoms with Gasteiger partial charge in [-0.25, -0.2) is 4.39 Å². The molecule has 80 valence electrons. The first-order valence-electron chi connectivity index (χ1n) is 5.06. The molecule has 1 nitrogen and oxygen atoms in total. The second-order valence-electron chi connectivity index (χ2n) is 4.93. The predicted molar refractivity (Wildman–Crippen MR) is 59.0 cm³/mol. The fraction of sp³-hybridized carbons (Fsp3) is 0.462. The average Bonchev–Trinajstić information content (AvgIpc) is 2.15. The molecule has 1 rings (SSSR count). The molecule has 0 aliphatic heterocycles. The highest BCUT2D eigenvalue weighted by molar-refractivity contribution is 5.40. The van der Waals surface area contributed by atoms with Gasteiger partial charge in [0.2, 0.25) is 0 Å². The third kappa shape index (κ3) is 2.56. The molecule has 0 N–H and O–H groups in total. The summed E-state index contributed by atoms with van der Waals surface area (Å²) < 4.78 is 12.9. The molecule has 1 aromatic carbocycles. The first-order valence-corrected chi connectivity index (χ1v) is 5.06. The lowest BCUT2D eigenvalue weighted by Crippen LogP contribution is -2.16. The van der Waals surface area contributed by atoms with Crippen molar-refractivity contribution in [1.29, 1.82) is 5.26 Å². The summed E-state index contributed by atoms with van der Waals surface area (Å²) >= 11 is 0. The van der Waals surface area contributed by atoms with E-state index >= 15 is 0 Å². The topological polar surface area (TPSA) is 23.8 Å².